The van der Waals surface area contributed by atoms with Gasteiger partial charge in [-0.1, -0.05) is 6.92 Å². The highest BCUT2D eigenvalue weighted by molar-refractivity contribution is 5.82. The molecule has 4 nitrogen and oxygen atoms in total. The van der Waals surface area contributed by atoms with Gasteiger partial charge in [0.2, 0.25) is 0 Å². The lowest BCUT2D eigenvalue weighted by Gasteiger charge is -2.24. The second-order valence-corrected chi connectivity index (χ2v) is 4.65. The van der Waals surface area contributed by atoms with Crippen LogP contribution in [-0.4, -0.2) is 22.7 Å². The lowest BCUT2D eigenvalue weighted by Crippen LogP contribution is -2.23. The highest BCUT2D eigenvalue weighted by Gasteiger charge is 2.40. The first kappa shape index (κ1) is 11.2. The van der Waals surface area contributed by atoms with Gasteiger partial charge in [-0.25, -0.2) is 0 Å². The van der Waals surface area contributed by atoms with Crippen molar-refractivity contribution >= 4 is 5.78 Å². The van der Waals surface area contributed by atoms with Crippen LogP contribution in [0.5, 0.6) is 5.75 Å². The Morgan fingerprint density at radius 3 is 2.88 bits per heavy atom. The van der Waals surface area contributed by atoms with E-state index in [-0.39, 0.29) is 5.41 Å². The van der Waals surface area contributed by atoms with Crippen molar-refractivity contribution in [1.82, 2.24) is 9.78 Å². The molecule has 1 atom stereocenters. The van der Waals surface area contributed by atoms with Gasteiger partial charge in [0.1, 0.15) is 5.78 Å². The molecule has 1 saturated carbocycles. The molecular formula is C12H18N2O2. The van der Waals surface area contributed by atoms with E-state index in [9.17, 15) is 4.79 Å². The number of aromatic nitrogens is 2. The highest BCUT2D eigenvalue weighted by Crippen LogP contribution is 2.42. The number of carbonyl (C=O) groups is 1. The number of methoxy groups -OCH3 is 1. The first-order valence-corrected chi connectivity index (χ1v) is 5.72. The second kappa shape index (κ2) is 3.92. The van der Waals surface area contributed by atoms with Gasteiger partial charge in [-0.2, -0.15) is 5.10 Å². The monoisotopic (exact) mass is 222 g/mol. The lowest BCUT2D eigenvalue weighted by atomic mass is 9.84. The van der Waals surface area contributed by atoms with Crippen molar-refractivity contribution in [2.45, 2.75) is 45.1 Å². The molecule has 1 aromatic rings. The fraction of sp³-hybridized carbons (Fsp3) is 0.667. The molecule has 16 heavy (non-hydrogen) atoms. The highest BCUT2D eigenvalue weighted by atomic mass is 16.5. The average molecular weight is 222 g/mol. The van der Waals surface area contributed by atoms with Crippen LogP contribution in [0, 0.1) is 0 Å². The minimum Gasteiger partial charge on any atom is -0.493 e. The topological polar surface area (TPSA) is 44.1 Å². The van der Waals surface area contributed by atoms with Gasteiger partial charge in [-0.15, -0.1) is 0 Å². The first-order chi connectivity index (χ1) is 7.60. The van der Waals surface area contributed by atoms with Crippen LogP contribution in [0.2, 0.25) is 0 Å². The Morgan fingerprint density at radius 2 is 2.38 bits per heavy atom. The molecule has 1 fully saturated rings. The normalized spacial score (nSPS) is 25.1. The van der Waals surface area contributed by atoms with Gasteiger partial charge in [0.15, 0.2) is 5.75 Å². The number of aryl methyl sites for hydroxylation is 1. The average Bonchev–Trinajstić information content (AvgIpc) is 2.82. The van der Waals surface area contributed by atoms with Crippen LogP contribution in [0.1, 0.15) is 38.8 Å². The summed E-state index contributed by atoms with van der Waals surface area (Å²) in [5.74, 6) is 1.15. The van der Waals surface area contributed by atoms with E-state index in [1.807, 2.05) is 4.68 Å². The van der Waals surface area contributed by atoms with Gasteiger partial charge >= 0.3 is 0 Å². The molecule has 1 aliphatic carbocycles. The zero-order valence-corrected chi connectivity index (χ0v) is 10.1. The van der Waals surface area contributed by atoms with Gasteiger partial charge in [0.25, 0.3) is 0 Å². The van der Waals surface area contributed by atoms with E-state index in [4.69, 9.17) is 4.74 Å². The zero-order chi connectivity index (χ0) is 11.8. The van der Waals surface area contributed by atoms with Crippen molar-refractivity contribution in [2.75, 3.05) is 7.11 Å². The Labute approximate surface area is 95.6 Å². The number of ketones is 1. The third kappa shape index (κ3) is 1.62. The molecule has 2 rings (SSSR count). The van der Waals surface area contributed by atoms with Crippen molar-refractivity contribution in [3.8, 4) is 5.75 Å². The third-order valence-electron chi connectivity index (χ3n) is 3.44. The molecule has 1 unspecified atom stereocenters. The molecule has 0 aliphatic heterocycles. The maximum atomic E-state index is 11.5. The maximum absolute atomic E-state index is 11.5. The van der Waals surface area contributed by atoms with Gasteiger partial charge in [0, 0.05) is 24.8 Å². The molecule has 0 bridgehead atoms. The number of rotatable bonds is 3. The first-order valence-electron chi connectivity index (χ1n) is 5.72. The van der Waals surface area contributed by atoms with Crippen molar-refractivity contribution in [3.05, 3.63) is 11.9 Å². The Hall–Kier alpha value is -1.32. The lowest BCUT2D eigenvalue weighted by molar-refractivity contribution is -0.117. The van der Waals surface area contributed by atoms with E-state index in [0.29, 0.717) is 18.6 Å². The van der Waals surface area contributed by atoms with E-state index in [1.54, 1.807) is 13.3 Å². The zero-order valence-electron chi connectivity index (χ0n) is 10.1. The summed E-state index contributed by atoms with van der Waals surface area (Å²) in [5, 5.41) is 4.30. The van der Waals surface area contributed by atoms with Crippen molar-refractivity contribution in [1.29, 1.82) is 0 Å². The molecule has 1 aliphatic rings. The van der Waals surface area contributed by atoms with E-state index in [2.05, 4.69) is 18.9 Å². The quantitative estimate of drug-likeness (QED) is 0.784. The molecule has 0 radical (unpaired) electrons. The molecular weight excluding hydrogens is 204 g/mol. The van der Waals surface area contributed by atoms with E-state index in [0.717, 1.165) is 24.4 Å². The van der Waals surface area contributed by atoms with Crippen LogP contribution in [0.25, 0.3) is 0 Å². The summed E-state index contributed by atoms with van der Waals surface area (Å²) >= 11 is 0. The Bertz CT molecular complexity index is 390. The van der Waals surface area contributed by atoms with Gasteiger partial charge in [-0.05, 0) is 13.3 Å². The number of ether oxygens (including phenoxy) is 1. The molecule has 1 heterocycles. The number of nitrogens with zero attached hydrogens (tertiary/aromatic N) is 2. The molecule has 0 N–H and O–H groups in total. The predicted octanol–water partition coefficient (Wildman–Crippen LogP) is 1.92. The van der Waals surface area contributed by atoms with Gasteiger partial charge in [-0.3, -0.25) is 9.48 Å². The van der Waals surface area contributed by atoms with Crippen molar-refractivity contribution in [3.63, 3.8) is 0 Å². The molecule has 1 aromatic heterocycles. The fourth-order valence-corrected chi connectivity index (χ4v) is 2.60. The fourth-order valence-electron chi connectivity index (χ4n) is 2.60. The van der Waals surface area contributed by atoms with Crippen LogP contribution in [-0.2, 0) is 16.8 Å². The smallest absolute Gasteiger partial charge is 0.160 e. The summed E-state index contributed by atoms with van der Waals surface area (Å²) in [6.45, 7) is 4.99. The summed E-state index contributed by atoms with van der Waals surface area (Å²) in [7, 11) is 1.65. The summed E-state index contributed by atoms with van der Waals surface area (Å²) in [6, 6.07) is 0. The summed E-state index contributed by atoms with van der Waals surface area (Å²) < 4.78 is 7.29. The predicted molar refractivity (Wildman–Crippen MR) is 60.7 cm³/mol. The molecule has 4 heteroatoms. The van der Waals surface area contributed by atoms with Crippen LogP contribution in [0.3, 0.4) is 0 Å². The number of hydrogen-bond donors (Lipinski definition) is 0. The van der Waals surface area contributed by atoms with E-state index < -0.39 is 0 Å². The number of hydrogen-bond acceptors (Lipinski definition) is 3. The number of Topliss-reactive ketones (excluding diaryl/α,β-unsaturated/α-hetero) is 1. The van der Waals surface area contributed by atoms with Crippen LogP contribution < -0.4 is 4.74 Å². The maximum Gasteiger partial charge on any atom is 0.160 e. The van der Waals surface area contributed by atoms with E-state index in [1.165, 1.54) is 0 Å². The Balaban J connectivity index is 2.45. The van der Waals surface area contributed by atoms with Crippen LogP contribution in [0.4, 0.5) is 0 Å². The summed E-state index contributed by atoms with van der Waals surface area (Å²) in [4.78, 5) is 11.5. The Kier molecular flexibility index (Phi) is 2.74. The van der Waals surface area contributed by atoms with Crippen molar-refractivity contribution < 1.29 is 9.53 Å². The van der Waals surface area contributed by atoms with Crippen LogP contribution in [0.15, 0.2) is 6.20 Å². The molecule has 0 spiro atoms. The second-order valence-electron chi connectivity index (χ2n) is 4.65. The standard InChI is InChI=1S/C12H18N2O2/c1-4-14-11(10(16-3)8-13-14)12(2)6-5-9(15)7-12/h8H,4-7H2,1-3H3. The van der Waals surface area contributed by atoms with Crippen LogP contribution >= 0.6 is 0 Å². The molecule has 0 saturated heterocycles. The molecule has 0 aromatic carbocycles. The van der Waals surface area contributed by atoms with Gasteiger partial charge < -0.3 is 4.74 Å². The van der Waals surface area contributed by atoms with E-state index >= 15 is 0 Å². The minimum absolute atomic E-state index is 0.102. The minimum atomic E-state index is -0.102. The summed E-state index contributed by atoms with van der Waals surface area (Å²) in [6.07, 6.45) is 3.92. The molecule has 88 valence electrons. The SMILES string of the molecule is CCn1ncc(OC)c1C1(C)CCC(=O)C1. The summed E-state index contributed by atoms with van der Waals surface area (Å²) in [5.41, 5.74) is 0.970. The van der Waals surface area contributed by atoms with Crippen molar-refractivity contribution in [2.24, 2.45) is 0 Å². The number of carbonyl (C=O) groups excluding carboxylic acids is 1. The van der Waals surface area contributed by atoms with Gasteiger partial charge in [0.05, 0.1) is 19.0 Å². The Morgan fingerprint density at radius 1 is 1.62 bits per heavy atom. The molecule has 0 amide bonds. The largest absolute Gasteiger partial charge is 0.493 e. The third-order valence-corrected chi connectivity index (χ3v) is 3.44.